The van der Waals surface area contributed by atoms with Crippen molar-refractivity contribution in [3.05, 3.63) is 110 Å². The van der Waals surface area contributed by atoms with Crippen LogP contribution in [0.1, 0.15) is 41.9 Å². The Morgan fingerprint density at radius 2 is 1.93 bits per heavy atom. The summed E-state index contributed by atoms with van der Waals surface area (Å²) in [7, 11) is 1.57. The Bertz CT molecular complexity index is 1630. The van der Waals surface area contributed by atoms with E-state index in [9.17, 15) is 14.9 Å². The van der Waals surface area contributed by atoms with Crippen LogP contribution in [0.5, 0.6) is 11.5 Å². The van der Waals surface area contributed by atoms with E-state index in [-0.39, 0.29) is 17.4 Å². The number of methoxy groups -OCH3 is 1. The molecule has 0 saturated carbocycles. The van der Waals surface area contributed by atoms with Crippen molar-refractivity contribution in [2.75, 3.05) is 18.2 Å². The third kappa shape index (κ3) is 6.33. The summed E-state index contributed by atoms with van der Waals surface area (Å²) in [4.78, 5) is 26.1. The lowest BCUT2D eigenvalue weighted by Gasteiger charge is -2.33. The van der Waals surface area contributed by atoms with E-state index in [2.05, 4.69) is 16.7 Å². The first-order valence-electron chi connectivity index (χ1n) is 13.6. The number of hydrogen-bond donors (Lipinski definition) is 2. The fraction of sp³-hybridized carbons (Fsp3) is 0.242. The summed E-state index contributed by atoms with van der Waals surface area (Å²) in [5, 5.41) is 17.7. The van der Waals surface area contributed by atoms with Crippen LogP contribution in [0.4, 0.5) is 5.69 Å². The number of Topliss-reactive ketones (excluding diaryl/α,β-unsaturated/α-hetero) is 1. The minimum absolute atomic E-state index is 0.0168. The smallest absolute Gasteiger partial charge is 0.234 e. The number of hydrogen-bond acceptors (Lipinski definition) is 7. The van der Waals surface area contributed by atoms with Gasteiger partial charge in [-0.1, -0.05) is 65.8 Å². The molecule has 1 atom stereocenters. The van der Waals surface area contributed by atoms with E-state index in [1.165, 1.54) is 11.8 Å². The Kier molecular flexibility index (Phi) is 9.21. The summed E-state index contributed by atoms with van der Waals surface area (Å²) in [6, 6.07) is 23.0. The van der Waals surface area contributed by atoms with E-state index >= 15 is 0 Å². The van der Waals surface area contributed by atoms with Crippen LogP contribution in [0.15, 0.2) is 88.6 Å². The predicted molar refractivity (Wildman–Crippen MR) is 165 cm³/mol. The van der Waals surface area contributed by atoms with Gasteiger partial charge in [0.05, 0.1) is 35.5 Å². The number of amides is 1. The summed E-state index contributed by atoms with van der Waals surface area (Å²) in [6.07, 6.45) is 1.83. The van der Waals surface area contributed by atoms with Gasteiger partial charge < -0.3 is 20.1 Å². The van der Waals surface area contributed by atoms with Crippen molar-refractivity contribution in [3.8, 4) is 17.6 Å². The third-order valence-corrected chi connectivity index (χ3v) is 8.74. The van der Waals surface area contributed by atoms with Crippen LogP contribution in [0, 0.1) is 18.3 Å². The number of halogens is 1. The first kappa shape index (κ1) is 29.3. The van der Waals surface area contributed by atoms with Crippen LogP contribution in [0.3, 0.4) is 0 Å². The number of nitrogens with one attached hydrogen (secondary N) is 2. The molecule has 0 spiro atoms. The highest BCUT2D eigenvalue weighted by molar-refractivity contribution is 8.03. The first-order valence-corrected chi connectivity index (χ1v) is 15.0. The van der Waals surface area contributed by atoms with Gasteiger partial charge in [-0.15, -0.1) is 0 Å². The van der Waals surface area contributed by atoms with Crippen molar-refractivity contribution in [1.29, 1.82) is 5.26 Å². The molecular weight excluding hydrogens is 570 g/mol. The van der Waals surface area contributed by atoms with Gasteiger partial charge in [-0.05, 0) is 60.7 Å². The molecule has 3 aromatic carbocycles. The molecular formula is C33H30ClN3O4S. The van der Waals surface area contributed by atoms with Gasteiger partial charge in [-0.25, -0.2) is 0 Å². The van der Waals surface area contributed by atoms with E-state index in [1.807, 2.05) is 55.5 Å². The van der Waals surface area contributed by atoms with Gasteiger partial charge >= 0.3 is 0 Å². The van der Waals surface area contributed by atoms with Crippen LogP contribution in [0.25, 0.3) is 0 Å². The molecule has 3 aromatic rings. The SMILES string of the molecule is COc1cc([C@H]2C(C#N)=C(SCC(=O)Nc3cccc(Cl)c3C)NC3=C2C(=O)CCC3)ccc1OCc1ccccc1. The second-order valence-electron chi connectivity index (χ2n) is 10.0. The molecule has 7 nitrogen and oxygen atoms in total. The van der Waals surface area contributed by atoms with Crippen molar-refractivity contribution >= 4 is 40.7 Å². The maximum atomic E-state index is 13.2. The molecule has 214 valence electrons. The molecule has 0 saturated heterocycles. The van der Waals surface area contributed by atoms with Crippen molar-refractivity contribution in [3.63, 3.8) is 0 Å². The molecule has 2 N–H and O–H groups in total. The highest BCUT2D eigenvalue weighted by Crippen LogP contribution is 2.45. The van der Waals surface area contributed by atoms with E-state index in [1.54, 1.807) is 25.3 Å². The largest absolute Gasteiger partial charge is 0.493 e. The van der Waals surface area contributed by atoms with Crippen LogP contribution in [0.2, 0.25) is 5.02 Å². The standard InChI is InChI=1S/C33H30ClN3O4S/c1-20-24(34)10-6-11-25(20)36-30(39)19-42-33-23(17-35)31(32-26(37-33)12-7-13-27(32)38)22-14-15-28(29(16-22)40-2)41-18-21-8-4-3-5-9-21/h3-6,8-11,14-16,31,37H,7,12-13,18-19H2,1-2H3,(H,36,39)/t31-/m0/s1. The number of nitriles is 1. The quantitative estimate of drug-likeness (QED) is 0.272. The molecule has 0 bridgehead atoms. The number of anilines is 1. The highest BCUT2D eigenvalue weighted by atomic mass is 35.5. The van der Waals surface area contributed by atoms with Crippen molar-refractivity contribution in [2.24, 2.45) is 0 Å². The van der Waals surface area contributed by atoms with E-state index < -0.39 is 5.92 Å². The maximum absolute atomic E-state index is 13.2. The average molecular weight is 600 g/mol. The molecule has 1 aliphatic heterocycles. The number of dihydropyridines is 1. The number of ether oxygens (including phenoxy) is 2. The Balaban J connectivity index is 1.42. The third-order valence-electron chi connectivity index (χ3n) is 7.31. The zero-order valence-electron chi connectivity index (χ0n) is 23.3. The normalized spacial score (nSPS) is 16.3. The van der Waals surface area contributed by atoms with Gasteiger partial charge in [0.25, 0.3) is 0 Å². The second kappa shape index (κ2) is 13.2. The van der Waals surface area contributed by atoms with Crippen LogP contribution < -0.4 is 20.1 Å². The van der Waals surface area contributed by atoms with E-state index in [0.717, 1.165) is 28.8 Å². The second-order valence-corrected chi connectivity index (χ2v) is 11.4. The van der Waals surface area contributed by atoms with Crippen LogP contribution in [-0.2, 0) is 16.2 Å². The van der Waals surface area contributed by atoms with E-state index in [0.29, 0.717) is 57.8 Å². The summed E-state index contributed by atoms with van der Waals surface area (Å²) < 4.78 is 11.7. The monoisotopic (exact) mass is 599 g/mol. The summed E-state index contributed by atoms with van der Waals surface area (Å²) in [5.41, 5.74) is 4.98. The first-order chi connectivity index (χ1) is 20.4. The highest BCUT2D eigenvalue weighted by Gasteiger charge is 2.37. The fourth-order valence-corrected chi connectivity index (χ4v) is 6.19. The lowest BCUT2D eigenvalue weighted by Crippen LogP contribution is -2.31. The van der Waals surface area contributed by atoms with Gasteiger partial charge in [0.2, 0.25) is 5.91 Å². The number of nitrogens with zero attached hydrogens (tertiary/aromatic N) is 1. The number of benzene rings is 3. The van der Waals surface area contributed by atoms with Crippen LogP contribution >= 0.6 is 23.4 Å². The molecule has 1 aliphatic carbocycles. The molecule has 0 fully saturated rings. The zero-order valence-corrected chi connectivity index (χ0v) is 24.9. The minimum Gasteiger partial charge on any atom is -0.493 e. The fourth-order valence-electron chi connectivity index (χ4n) is 5.16. The van der Waals surface area contributed by atoms with Gasteiger partial charge in [0.15, 0.2) is 17.3 Å². The average Bonchev–Trinajstić information content (AvgIpc) is 3.01. The number of thioether (sulfide) groups is 1. The lowest BCUT2D eigenvalue weighted by molar-refractivity contribution is -0.116. The maximum Gasteiger partial charge on any atom is 0.234 e. The molecule has 2 aliphatic rings. The molecule has 0 unspecified atom stereocenters. The number of rotatable bonds is 9. The zero-order chi connectivity index (χ0) is 29.6. The van der Waals surface area contributed by atoms with Crippen LogP contribution in [-0.4, -0.2) is 24.6 Å². The predicted octanol–water partition coefficient (Wildman–Crippen LogP) is 7.04. The number of carbonyl (C=O) groups excluding carboxylic acids is 2. The van der Waals surface area contributed by atoms with Gasteiger partial charge in [0, 0.05) is 28.4 Å². The molecule has 1 heterocycles. The molecule has 9 heteroatoms. The van der Waals surface area contributed by atoms with Crippen molar-refractivity contribution in [1.82, 2.24) is 5.32 Å². The lowest BCUT2D eigenvalue weighted by atomic mass is 9.77. The van der Waals surface area contributed by atoms with Gasteiger partial charge in [0.1, 0.15) is 6.61 Å². The topological polar surface area (TPSA) is 100 Å². The summed E-state index contributed by atoms with van der Waals surface area (Å²) in [5.74, 6) is 0.344. The molecule has 0 aromatic heterocycles. The van der Waals surface area contributed by atoms with Crippen molar-refractivity contribution < 1.29 is 19.1 Å². The Labute approximate surface area is 254 Å². The number of ketones is 1. The Morgan fingerprint density at radius 1 is 1.12 bits per heavy atom. The van der Waals surface area contributed by atoms with Crippen molar-refractivity contribution in [2.45, 2.75) is 38.7 Å². The van der Waals surface area contributed by atoms with Gasteiger partial charge in [-0.3, -0.25) is 9.59 Å². The summed E-state index contributed by atoms with van der Waals surface area (Å²) >= 11 is 7.44. The molecule has 5 rings (SSSR count). The minimum atomic E-state index is -0.586. The Hall–Kier alpha value is -4.19. The number of carbonyl (C=O) groups is 2. The molecule has 42 heavy (non-hydrogen) atoms. The summed E-state index contributed by atoms with van der Waals surface area (Å²) in [6.45, 7) is 2.22. The molecule has 0 radical (unpaired) electrons. The number of allylic oxidation sites excluding steroid dienone is 3. The van der Waals surface area contributed by atoms with E-state index in [4.69, 9.17) is 21.1 Å². The van der Waals surface area contributed by atoms with Gasteiger partial charge in [-0.2, -0.15) is 5.26 Å². The Morgan fingerprint density at radius 3 is 2.69 bits per heavy atom. The molecule has 1 amide bonds.